The number of benzene rings is 1. The molecule has 1 aromatic carbocycles. The molecular weight excluding hydrogens is 283 g/mol. The van der Waals surface area contributed by atoms with Crippen LogP contribution in [0.5, 0.6) is 0 Å². The molecule has 0 saturated carbocycles. The smallest absolute Gasteiger partial charge is 0.240 e. The van der Waals surface area contributed by atoms with E-state index in [-0.39, 0.29) is 23.3 Å². The summed E-state index contributed by atoms with van der Waals surface area (Å²) in [6, 6.07) is 3.50. The van der Waals surface area contributed by atoms with Crippen molar-refractivity contribution in [2.24, 2.45) is 0 Å². The van der Waals surface area contributed by atoms with Gasteiger partial charge in [-0.2, -0.15) is 0 Å². The molecule has 0 aromatic heterocycles. The first-order valence-corrected chi connectivity index (χ1v) is 7.92. The van der Waals surface area contributed by atoms with E-state index in [2.05, 4.69) is 10.0 Å². The Balaban J connectivity index is 2.14. The molecule has 1 heterocycles. The highest BCUT2D eigenvalue weighted by Gasteiger charge is 2.23. The van der Waals surface area contributed by atoms with Crippen molar-refractivity contribution < 1.29 is 17.6 Å². The highest BCUT2D eigenvalue weighted by atomic mass is 32.2. The third kappa shape index (κ3) is 3.55. The standard InChI is InChI=1S/C13H17FN2O3S/c1-9-2-4-11(8-12(9)14)20(18,19)16-10-3-5-13(17)15-7-6-10/h2,4,8,10,16H,3,5-7H2,1H3,(H,15,17). The molecule has 5 nitrogen and oxygen atoms in total. The molecule has 0 aliphatic carbocycles. The van der Waals surface area contributed by atoms with Crippen molar-refractivity contribution in [1.82, 2.24) is 10.0 Å². The monoisotopic (exact) mass is 300 g/mol. The molecule has 2 rings (SSSR count). The minimum atomic E-state index is -3.76. The maximum Gasteiger partial charge on any atom is 0.240 e. The zero-order valence-electron chi connectivity index (χ0n) is 11.1. The summed E-state index contributed by atoms with van der Waals surface area (Å²) in [4.78, 5) is 11.1. The van der Waals surface area contributed by atoms with Gasteiger partial charge in [0.15, 0.2) is 0 Å². The van der Waals surface area contributed by atoms with Crippen molar-refractivity contribution >= 4 is 15.9 Å². The molecule has 1 atom stereocenters. The van der Waals surface area contributed by atoms with Crippen molar-refractivity contribution in [3.8, 4) is 0 Å². The fourth-order valence-electron chi connectivity index (χ4n) is 2.07. The lowest BCUT2D eigenvalue weighted by Gasteiger charge is -2.16. The Bertz CT molecular complexity index is 616. The van der Waals surface area contributed by atoms with Crippen LogP contribution in [0, 0.1) is 12.7 Å². The van der Waals surface area contributed by atoms with E-state index < -0.39 is 15.8 Å². The van der Waals surface area contributed by atoms with E-state index in [1.807, 2.05) is 0 Å². The number of amides is 1. The normalized spacial score (nSPS) is 20.3. The number of sulfonamides is 1. The second kappa shape index (κ2) is 5.88. The number of rotatable bonds is 3. The van der Waals surface area contributed by atoms with Crippen molar-refractivity contribution in [2.45, 2.75) is 37.1 Å². The Morgan fingerprint density at radius 1 is 1.35 bits per heavy atom. The lowest BCUT2D eigenvalue weighted by Crippen LogP contribution is -2.35. The van der Waals surface area contributed by atoms with Gasteiger partial charge >= 0.3 is 0 Å². The summed E-state index contributed by atoms with van der Waals surface area (Å²) in [5.41, 5.74) is 0.396. The van der Waals surface area contributed by atoms with Gasteiger partial charge in [0.05, 0.1) is 4.90 Å². The van der Waals surface area contributed by atoms with Gasteiger partial charge in [0.25, 0.3) is 0 Å². The number of carbonyl (C=O) groups is 1. The van der Waals surface area contributed by atoms with Gasteiger partial charge in [0, 0.05) is 19.0 Å². The second-order valence-corrected chi connectivity index (χ2v) is 6.62. The van der Waals surface area contributed by atoms with Gasteiger partial charge in [-0.1, -0.05) is 6.07 Å². The topological polar surface area (TPSA) is 75.3 Å². The summed E-state index contributed by atoms with van der Waals surface area (Å²) in [7, 11) is -3.76. The predicted molar refractivity (Wildman–Crippen MR) is 72.1 cm³/mol. The number of hydrogen-bond acceptors (Lipinski definition) is 3. The van der Waals surface area contributed by atoms with Gasteiger partial charge in [-0.05, 0) is 37.5 Å². The van der Waals surface area contributed by atoms with Gasteiger partial charge < -0.3 is 5.32 Å². The van der Waals surface area contributed by atoms with Crippen LogP contribution in [0.4, 0.5) is 4.39 Å². The lowest BCUT2D eigenvalue weighted by atomic mass is 10.1. The number of aryl methyl sites for hydroxylation is 1. The van der Waals surface area contributed by atoms with E-state index in [0.717, 1.165) is 6.07 Å². The van der Waals surface area contributed by atoms with E-state index in [4.69, 9.17) is 0 Å². The number of hydrogen-bond donors (Lipinski definition) is 2. The van der Waals surface area contributed by atoms with E-state index in [0.29, 0.717) is 24.9 Å². The summed E-state index contributed by atoms with van der Waals surface area (Å²) in [5, 5.41) is 2.68. The predicted octanol–water partition coefficient (Wildman–Crippen LogP) is 1.08. The van der Waals surface area contributed by atoms with Crippen molar-refractivity contribution in [2.75, 3.05) is 6.54 Å². The molecule has 1 fully saturated rings. The largest absolute Gasteiger partial charge is 0.356 e. The Hall–Kier alpha value is -1.47. The fraction of sp³-hybridized carbons (Fsp3) is 0.462. The molecule has 110 valence electrons. The maximum atomic E-state index is 13.5. The molecule has 2 N–H and O–H groups in total. The van der Waals surface area contributed by atoms with E-state index in [9.17, 15) is 17.6 Å². The van der Waals surface area contributed by atoms with Crippen LogP contribution in [0.3, 0.4) is 0 Å². The Kier molecular flexibility index (Phi) is 4.39. The zero-order valence-corrected chi connectivity index (χ0v) is 12.0. The van der Waals surface area contributed by atoms with Gasteiger partial charge in [0.2, 0.25) is 15.9 Å². The number of halogens is 1. The second-order valence-electron chi connectivity index (χ2n) is 4.91. The fourth-order valence-corrected chi connectivity index (χ4v) is 3.39. The Morgan fingerprint density at radius 3 is 2.80 bits per heavy atom. The van der Waals surface area contributed by atoms with Gasteiger partial charge in [0.1, 0.15) is 5.82 Å². The third-order valence-corrected chi connectivity index (χ3v) is 4.83. The van der Waals surface area contributed by atoms with Crippen LogP contribution < -0.4 is 10.0 Å². The molecule has 0 radical (unpaired) electrons. The van der Waals surface area contributed by atoms with Crippen molar-refractivity contribution in [3.63, 3.8) is 0 Å². The first-order chi connectivity index (χ1) is 9.38. The zero-order chi connectivity index (χ0) is 14.8. The van der Waals surface area contributed by atoms with Crippen molar-refractivity contribution in [1.29, 1.82) is 0 Å². The van der Waals surface area contributed by atoms with E-state index in [1.165, 1.54) is 12.1 Å². The summed E-state index contributed by atoms with van der Waals surface area (Å²) in [5.74, 6) is -0.626. The van der Waals surface area contributed by atoms with Gasteiger partial charge in [-0.15, -0.1) is 0 Å². The molecule has 1 amide bonds. The van der Waals surface area contributed by atoms with Crippen LogP contribution in [-0.4, -0.2) is 26.9 Å². The summed E-state index contributed by atoms with van der Waals surface area (Å²) >= 11 is 0. The van der Waals surface area contributed by atoms with Crippen LogP contribution in [-0.2, 0) is 14.8 Å². The van der Waals surface area contributed by atoms with Gasteiger partial charge in [-0.25, -0.2) is 17.5 Å². The third-order valence-electron chi connectivity index (χ3n) is 3.31. The first-order valence-electron chi connectivity index (χ1n) is 6.44. The van der Waals surface area contributed by atoms with Crippen LogP contribution in [0.1, 0.15) is 24.8 Å². The molecule has 0 bridgehead atoms. The summed E-state index contributed by atoms with van der Waals surface area (Å²) < 4.78 is 40.3. The van der Waals surface area contributed by atoms with E-state index in [1.54, 1.807) is 6.92 Å². The SMILES string of the molecule is Cc1ccc(S(=O)(=O)NC2CCNC(=O)CC2)cc1F. The molecule has 1 unspecified atom stereocenters. The van der Waals surface area contributed by atoms with Crippen molar-refractivity contribution in [3.05, 3.63) is 29.6 Å². The maximum absolute atomic E-state index is 13.5. The Labute approximate surface area is 117 Å². The minimum Gasteiger partial charge on any atom is -0.356 e. The molecular formula is C13H17FN2O3S. The molecule has 1 saturated heterocycles. The van der Waals surface area contributed by atoms with Crippen LogP contribution in [0.2, 0.25) is 0 Å². The van der Waals surface area contributed by atoms with Crippen LogP contribution >= 0.6 is 0 Å². The minimum absolute atomic E-state index is 0.0759. The average molecular weight is 300 g/mol. The van der Waals surface area contributed by atoms with Crippen LogP contribution in [0.25, 0.3) is 0 Å². The van der Waals surface area contributed by atoms with Crippen LogP contribution in [0.15, 0.2) is 23.1 Å². The van der Waals surface area contributed by atoms with E-state index >= 15 is 0 Å². The van der Waals surface area contributed by atoms with Gasteiger partial charge in [-0.3, -0.25) is 4.79 Å². The lowest BCUT2D eigenvalue weighted by molar-refractivity contribution is -0.120. The quantitative estimate of drug-likeness (QED) is 0.877. The molecule has 1 aliphatic rings. The molecule has 7 heteroatoms. The number of nitrogens with one attached hydrogen (secondary N) is 2. The highest BCUT2D eigenvalue weighted by molar-refractivity contribution is 7.89. The highest BCUT2D eigenvalue weighted by Crippen LogP contribution is 2.16. The molecule has 1 aromatic rings. The molecule has 0 spiro atoms. The number of carbonyl (C=O) groups excluding carboxylic acids is 1. The molecule has 1 aliphatic heterocycles. The molecule has 20 heavy (non-hydrogen) atoms. The summed E-state index contributed by atoms with van der Waals surface area (Å²) in [6.45, 7) is 2.01. The Morgan fingerprint density at radius 2 is 2.10 bits per heavy atom. The average Bonchev–Trinajstić information content (AvgIpc) is 2.57. The first kappa shape index (κ1) is 14.9. The summed E-state index contributed by atoms with van der Waals surface area (Å²) in [6.07, 6.45) is 1.26.